The second-order valence-electron chi connectivity index (χ2n) is 6.36. The van der Waals surface area contributed by atoms with Gasteiger partial charge in [0.25, 0.3) is 5.91 Å². The van der Waals surface area contributed by atoms with E-state index in [2.05, 4.69) is 5.32 Å². The van der Waals surface area contributed by atoms with Crippen LogP contribution < -0.4 is 10.1 Å². The molecule has 1 aromatic rings. The summed E-state index contributed by atoms with van der Waals surface area (Å²) in [5, 5.41) is 2.80. The lowest BCUT2D eigenvalue weighted by atomic mass is 10.0. The summed E-state index contributed by atoms with van der Waals surface area (Å²) in [6.07, 6.45) is 0.0210. The first-order chi connectivity index (χ1) is 11.5. The monoisotopic (exact) mass is 334 g/mol. The first-order valence-corrected chi connectivity index (χ1v) is 8.35. The minimum atomic E-state index is -0.554. The SMILES string of the molecule is CC1CN(C(=O)C(NC(=O)COc2ccccc2)C(C)C)CCO1. The number of morpholine rings is 1. The van der Waals surface area contributed by atoms with E-state index in [0.717, 1.165) is 0 Å². The highest BCUT2D eigenvalue weighted by molar-refractivity contribution is 5.88. The lowest BCUT2D eigenvalue weighted by molar-refractivity contribution is -0.143. The van der Waals surface area contributed by atoms with Crippen LogP contribution >= 0.6 is 0 Å². The molecule has 0 aliphatic carbocycles. The van der Waals surface area contributed by atoms with Crippen LogP contribution in [-0.2, 0) is 14.3 Å². The van der Waals surface area contributed by atoms with Crippen LogP contribution in [0.15, 0.2) is 30.3 Å². The molecule has 0 bridgehead atoms. The Morgan fingerprint density at radius 1 is 1.33 bits per heavy atom. The summed E-state index contributed by atoms with van der Waals surface area (Å²) in [7, 11) is 0. The maximum atomic E-state index is 12.7. The van der Waals surface area contributed by atoms with Crippen molar-refractivity contribution in [3.05, 3.63) is 30.3 Å². The predicted octanol–water partition coefficient (Wildman–Crippen LogP) is 1.45. The summed E-state index contributed by atoms with van der Waals surface area (Å²) in [6.45, 7) is 7.32. The van der Waals surface area contributed by atoms with Crippen molar-refractivity contribution < 1.29 is 19.1 Å². The Kier molecular flexibility index (Phi) is 6.61. The summed E-state index contributed by atoms with van der Waals surface area (Å²) < 4.78 is 10.9. The lowest BCUT2D eigenvalue weighted by Crippen LogP contribution is -2.55. The van der Waals surface area contributed by atoms with E-state index in [1.54, 1.807) is 17.0 Å². The zero-order valence-corrected chi connectivity index (χ0v) is 14.5. The van der Waals surface area contributed by atoms with Gasteiger partial charge in [-0.25, -0.2) is 0 Å². The number of carbonyl (C=O) groups excluding carboxylic acids is 2. The van der Waals surface area contributed by atoms with E-state index in [1.807, 2.05) is 39.0 Å². The molecule has 0 spiro atoms. The van der Waals surface area contributed by atoms with E-state index < -0.39 is 6.04 Å². The number of hydrogen-bond donors (Lipinski definition) is 1. The van der Waals surface area contributed by atoms with E-state index in [4.69, 9.17) is 9.47 Å². The molecular weight excluding hydrogens is 308 g/mol. The van der Waals surface area contributed by atoms with Gasteiger partial charge in [0, 0.05) is 13.1 Å². The number of amides is 2. The van der Waals surface area contributed by atoms with E-state index in [1.165, 1.54) is 0 Å². The van der Waals surface area contributed by atoms with Gasteiger partial charge in [-0.1, -0.05) is 32.0 Å². The molecule has 2 rings (SSSR count). The molecule has 1 aromatic carbocycles. The molecule has 1 N–H and O–H groups in total. The van der Waals surface area contributed by atoms with Gasteiger partial charge >= 0.3 is 0 Å². The average Bonchev–Trinajstić information content (AvgIpc) is 2.58. The molecule has 6 nitrogen and oxygen atoms in total. The Balaban J connectivity index is 1.90. The summed E-state index contributed by atoms with van der Waals surface area (Å²) >= 11 is 0. The Labute approximate surface area is 143 Å². The minimum absolute atomic E-state index is 0.00340. The van der Waals surface area contributed by atoms with E-state index in [0.29, 0.717) is 25.4 Å². The van der Waals surface area contributed by atoms with Crippen molar-refractivity contribution in [3.8, 4) is 5.75 Å². The van der Waals surface area contributed by atoms with Gasteiger partial charge in [0.2, 0.25) is 5.91 Å². The average molecular weight is 334 g/mol. The summed E-state index contributed by atoms with van der Waals surface area (Å²) in [5.41, 5.74) is 0. The quantitative estimate of drug-likeness (QED) is 0.855. The number of para-hydroxylation sites is 1. The second kappa shape index (κ2) is 8.68. The van der Waals surface area contributed by atoms with Crippen LogP contribution in [0.2, 0.25) is 0 Å². The number of carbonyl (C=O) groups is 2. The molecule has 0 aromatic heterocycles. The number of ether oxygens (including phenoxy) is 2. The smallest absolute Gasteiger partial charge is 0.258 e. The normalized spacial score (nSPS) is 19.0. The fourth-order valence-corrected chi connectivity index (χ4v) is 2.61. The van der Waals surface area contributed by atoms with Crippen LogP contribution in [0.5, 0.6) is 5.75 Å². The van der Waals surface area contributed by atoms with Crippen LogP contribution in [0.25, 0.3) is 0 Å². The minimum Gasteiger partial charge on any atom is -0.484 e. The summed E-state index contributed by atoms with van der Waals surface area (Å²) in [5.74, 6) is 0.263. The molecule has 1 heterocycles. The second-order valence-corrected chi connectivity index (χ2v) is 6.36. The third-order valence-electron chi connectivity index (χ3n) is 3.92. The van der Waals surface area contributed by atoms with E-state index >= 15 is 0 Å². The maximum Gasteiger partial charge on any atom is 0.258 e. The molecule has 1 aliphatic heterocycles. The van der Waals surface area contributed by atoms with Crippen molar-refractivity contribution in [1.82, 2.24) is 10.2 Å². The molecule has 1 aliphatic rings. The molecule has 6 heteroatoms. The molecule has 0 radical (unpaired) electrons. The van der Waals surface area contributed by atoms with E-state index in [-0.39, 0.29) is 30.4 Å². The van der Waals surface area contributed by atoms with Crippen LogP contribution in [-0.4, -0.2) is 55.2 Å². The fourth-order valence-electron chi connectivity index (χ4n) is 2.61. The van der Waals surface area contributed by atoms with Gasteiger partial charge in [-0.15, -0.1) is 0 Å². The van der Waals surface area contributed by atoms with Crippen LogP contribution in [0.4, 0.5) is 0 Å². The highest BCUT2D eigenvalue weighted by Crippen LogP contribution is 2.12. The topological polar surface area (TPSA) is 67.9 Å². The van der Waals surface area contributed by atoms with Crippen LogP contribution in [0.1, 0.15) is 20.8 Å². The first kappa shape index (κ1) is 18.3. The molecule has 2 atom stereocenters. The van der Waals surface area contributed by atoms with Gasteiger partial charge in [0.1, 0.15) is 11.8 Å². The molecule has 1 saturated heterocycles. The lowest BCUT2D eigenvalue weighted by Gasteiger charge is -2.35. The standard InChI is InChI=1S/C18H26N2O4/c1-13(2)17(18(22)20-9-10-23-14(3)11-20)19-16(21)12-24-15-7-5-4-6-8-15/h4-8,13-14,17H,9-12H2,1-3H3,(H,19,21). The van der Waals surface area contributed by atoms with Gasteiger partial charge < -0.3 is 19.7 Å². The van der Waals surface area contributed by atoms with Crippen molar-refractivity contribution in [2.45, 2.75) is 32.9 Å². The third-order valence-corrected chi connectivity index (χ3v) is 3.92. The van der Waals surface area contributed by atoms with Crippen molar-refractivity contribution in [3.63, 3.8) is 0 Å². The number of hydrogen-bond acceptors (Lipinski definition) is 4. The van der Waals surface area contributed by atoms with Gasteiger partial charge in [0.15, 0.2) is 6.61 Å². The maximum absolute atomic E-state index is 12.7. The van der Waals surface area contributed by atoms with Gasteiger partial charge in [-0.2, -0.15) is 0 Å². The Morgan fingerprint density at radius 3 is 2.67 bits per heavy atom. The molecule has 2 unspecified atom stereocenters. The number of benzene rings is 1. The zero-order valence-electron chi connectivity index (χ0n) is 14.5. The highest BCUT2D eigenvalue weighted by Gasteiger charge is 2.31. The van der Waals surface area contributed by atoms with E-state index in [9.17, 15) is 9.59 Å². The Bertz CT molecular complexity index is 547. The number of nitrogens with one attached hydrogen (secondary N) is 1. The molecule has 1 fully saturated rings. The molecule has 0 saturated carbocycles. The van der Waals surface area contributed by atoms with Crippen molar-refractivity contribution >= 4 is 11.8 Å². The van der Waals surface area contributed by atoms with Gasteiger partial charge in [0.05, 0.1) is 12.7 Å². The Morgan fingerprint density at radius 2 is 2.04 bits per heavy atom. The summed E-state index contributed by atoms with van der Waals surface area (Å²) in [6, 6.07) is 8.58. The van der Waals surface area contributed by atoms with Gasteiger partial charge in [-0.3, -0.25) is 9.59 Å². The molecule has 2 amide bonds. The van der Waals surface area contributed by atoms with Crippen LogP contribution in [0, 0.1) is 5.92 Å². The largest absolute Gasteiger partial charge is 0.484 e. The molecule has 24 heavy (non-hydrogen) atoms. The zero-order chi connectivity index (χ0) is 17.5. The highest BCUT2D eigenvalue weighted by atomic mass is 16.5. The first-order valence-electron chi connectivity index (χ1n) is 8.35. The van der Waals surface area contributed by atoms with Crippen molar-refractivity contribution in [1.29, 1.82) is 0 Å². The number of rotatable bonds is 6. The number of nitrogens with zero attached hydrogens (tertiary/aromatic N) is 1. The van der Waals surface area contributed by atoms with Crippen molar-refractivity contribution in [2.24, 2.45) is 5.92 Å². The van der Waals surface area contributed by atoms with Gasteiger partial charge in [-0.05, 0) is 25.0 Å². The summed E-state index contributed by atoms with van der Waals surface area (Å²) in [4.78, 5) is 26.6. The fraction of sp³-hybridized carbons (Fsp3) is 0.556. The molecule has 132 valence electrons. The van der Waals surface area contributed by atoms with Crippen LogP contribution in [0.3, 0.4) is 0 Å². The van der Waals surface area contributed by atoms with Crippen molar-refractivity contribution in [2.75, 3.05) is 26.3 Å². The molecular formula is C18H26N2O4. The Hall–Kier alpha value is -2.08. The predicted molar refractivity (Wildman–Crippen MR) is 90.7 cm³/mol. The third kappa shape index (κ3) is 5.23.